The van der Waals surface area contributed by atoms with E-state index in [1.165, 1.54) is 18.4 Å². The van der Waals surface area contributed by atoms with Gasteiger partial charge in [-0.1, -0.05) is 12.1 Å². The Labute approximate surface area is 181 Å². The number of nitrogens with one attached hydrogen (secondary N) is 2. The van der Waals surface area contributed by atoms with Gasteiger partial charge in [0.15, 0.2) is 12.6 Å². The van der Waals surface area contributed by atoms with Crippen molar-refractivity contribution >= 4 is 39.8 Å². The molecule has 1 unspecified atom stereocenters. The average molecular weight is 537 g/mol. The molecular formula is C17H27F3IN3O3S. The summed E-state index contributed by atoms with van der Waals surface area (Å²) in [6.07, 6.45) is -2.77. The lowest BCUT2D eigenvalue weighted by atomic mass is 10.2. The van der Waals surface area contributed by atoms with Crippen molar-refractivity contribution in [3.05, 3.63) is 29.8 Å². The Morgan fingerprint density at radius 2 is 2.00 bits per heavy atom. The fraction of sp³-hybridized carbons (Fsp3) is 0.588. The first-order valence-corrected chi connectivity index (χ1v) is 10.6. The van der Waals surface area contributed by atoms with Crippen LogP contribution in [0.2, 0.25) is 0 Å². The maximum Gasteiger partial charge on any atom is 0.422 e. The van der Waals surface area contributed by atoms with Crippen LogP contribution >= 0.6 is 24.0 Å². The standard InChI is InChI=1S/C17H26F3N3O3S.HI/c1-4-21-16(23-13(2)8-9-27(3,24)25)22-11-14-6-5-7-15(10-14)26-12-17(18,19)20;/h5-7,10,13H,4,8-9,11-12H2,1-3H3,(H2,21,22,23);1H. The summed E-state index contributed by atoms with van der Waals surface area (Å²) in [5.41, 5.74) is 0.690. The van der Waals surface area contributed by atoms with Crippen LogP contribution in [0.15, 0.2) is 29.3 Å². The van der Waals surface area contributed by atoms with Crippen molar-refractivity contribution < 1.29 is 26.3 Å². The van der Waals surface area contributed by atoms with Crippen LogP contribution in [0.3, 0.4) is 0 Å². The molecule has 1 atom stereocenters. The van der Waals surface area contributed by atoms with E-state index in [1.807, 2.05) is 13.8 Å². The number of guanidine groups is 1. The molecule has 0 saturated carbocycles. The molecule has 0 aliphatic heterocycles. The second-order valence-corrected chi connectivity index (χ2v) is 8.47. The van der Waals surface area contributed by atoms with E-state index >= 15 is 0 Å². The molecule has 6 nitrogen and oxygen atoms in total. The number of rotatable bonds is 9. The smallest absolute Gasteiger partial charge is 0.422 e. The SMILES string of the molecule is CCNC(=NCc1cccc(OCC(F)(F)F)c1)NC(C)CCS(C)(=O)=O.I. The molecule has 162 valence electrons. The highest BCUT2D eigenvalue weighted by Crippen LogP contribution is 2.19. The van der Waals surface area contributed by atoms with Crippen molar-refractivity contribution in [2.75, 3.05) is 25.2 Å². The van der Waals surface area contributed by atoms with Crippen molar-refractivity contribution in [2.45, 2.75) is 39.0 Å². The van der Waals surface area contributed by atoms with Crippen molar-refractivity contribution in [1.82, 2.24) is 10.6 Å². The van der Waals surface area contributed by atoms with Gasteiger partial charge in [0.1, 0.15) is 15.6 Å². The predicted octanol–water partition coefficient (Wildman–Crippen LogP) is 3.12. The van der Waals surface area contributed by atoms with Gasteiger partial charge in [-0.05, 0) is 38.0 Å². The van der Waals surface area contributed by atoms with E-state index in [9.17, 15) is 21.6 Å². The summed E-state index contributed by atoms with van der Waals surface area (Å²) in [4.78, 5) is 4.39. The third kappa shape index (κ3) is 13.0. The zero-order valence-corrected chi connectivity index (χ0v) is 19.2. The van der Waals surface area contributed by atoms with E-state index in [0.29, 0.717) is 24.5 Å². The maximum absolute atomic E-state index is 12.2. The molecule has 0 bridgehead atoms. The number of hydrogen-bond acceptors (Lipinski definition) is 4. The number of alkyl halides is 3. The van der Waals surface area contributed by atoms with Gasteiger partial charge in [-0.2, -0.15) is 13.2 Å². The average Bonchev–Trinajstić information content (AvgIpc) is 2.55. The van der Waals surface area contributed by atoms with Crippen LogP contribution in [0.4, 0.5) is 13.2 Å². The molecule has 0 spiro atoms. The van der Waals surface area contributed by atoms with Crippen molar-refractivity contribution in [2.24, 2.45) is 4.99 Å². The molecule has 0 fully saturated rings. The highest BCUT2D eigenvalue weighted by atomic mass is 127. The number of halogens is 4. The molecule has 0 aliphatic rings. The minimum atomic E-state index is -4.39. The van der Waals surface area contributed by atoms with Gasteiger partial charge < -0.3 is 15.4 Å². The zero-order valence-electron chi connectivity index (χ0n) is 16.0. The Kier molecular flexibility index (Phi) is 11.8. The third-order valence-electron chi connectivity index (χ3n) is 3.37. The van der Waals surface area contributed by atoms with Crippen LogP contribution < -0.4 is 15.4 Å². The zero-order chi connectivity index (χ0) is 20.5. The molecule has 0 aromatic heterocycles. The monoisotopic (exact) mass is 537 g/mol. The summed E-state index contributed by atoms with van der Waals surface area (Å²) in [7, 11) is -3.04. The largest absolute Gasteiger partial charge is 0.484 e. The Bertz CT molecular complexity index is 728. The molecule has 0 amide bonds. The maximum atomic E-state index is 12.2. The normalized spacial score (nSPS) is 13.4. The Balaban J connectivity index is 0.00000729. The Hall–Kier alpha value is -1.24. The van der Waals surface area contributed by atoms with Crippen LogP contribution in [0.1, 0.15) is 25.8 Å². The number of hydrogen-bond donors (Lipinski definition) is 2. The summed E-state index contributed by atoms with van der Waals surface area (Å²) < 4.78 is 63.9. The molecule has 11 heteroatoms. The van der Waals surface area contributed by atoms with E-state index in [2.05, 4.69) is 15.6 Å². The summed E-state index contributed by atoms with van der Waals surface area (Å²) in [6, 6.07) is 6.19. The fourth-order valence-corrected chi connectivity index (χ4v) is 2.87. The minimum Gasteiger partial charge on any atom is -0.484 e. The van der Waals surface area contributed by atoms with Gasteiger partial charge in [0.25, 0.3) is 0 Å². The first kappa shape index (κ1) is 26.8. The Morgan fingerprint density at radius 1 is 1.32 bits per heavy atom. The topological polar surface area (TPSA) is 79.8 Å². The third-order valence-corrected chi connectivity index (χ3v) is 4.35. The second-order valence-electron chi connectivity index (χ2n) is 6.21. The van der Waals surface area contributed by atoms with Gasteiger partial charge in [-0.15, -0.1) is 24.0 Å². The summed E-state index contributed by atoms with van der Waals surface area (Å²) in [5, 5.41) is 6.16. The lowest BCUT2D eigenvalue weighted by Crippen LogP contribution is -2.42. The molecule has 0 saturated heterocycles. The van der Waals surface area contributed by atoms with E-state index in [0.717, 1.165) is 0 Å². The van der Waals surface area contributed by atoms with Crippen LogP contribution in [0.5, 0.6) is 5.75 Å². The van der Waals surface area contributed by atoms with Gasteiger partial charge in [-0.3, -0.25) is 0 Å². The first-order valence-electron chi connectivity index (χ1n) is 8.49. The first-order chi connectivity index (χ1) is 12.5. The molecule has 28 heavy (non-hydrogen) atoms. The number of sulfone groups is 1. The van der Waals surface area contributed by atoms with Gasteiger partial charge in [-0.25, -0.2) is 13.4 Å². The number of benzene rings is 1. The molecule has 0 aliphatic carbocycles. The minimum absolute atomic E-state index is 0. The summed E-state index contributed by atoms with van der Waals surface area (Å²) in [5.74, 6) is 0.693. The predicted molar refractivity (Wildman–Crippen MR) is 115 cm³/mol. The summed E-state index contributed by atoms with van der Waals surface area (Å²) in [6.45, 7) is 3.24. The van der Waals surface area contributed by atoms with Gasteiger partial charge >= 0.3 is 6.18 Å². The van der Waals surface area contributed by atoms with Crippen molar-refractivity contribution in [3.8, 4) is 5.75 Å². The van der Waals surface area contributed by atoms with E-state index in [1.54, 1.807) is 12.1 Å². The van der Waals surface area contributed by atoms with Crippen molar-refractivity contribution in [1.29, 1.82) is 0 Å². The molecule has 0 radical (unpaired) electrons. The molecule has 0 heterocycles. The van der Waals surface area contributed by atoms with Gasteiger partial charge in [0.2, 0.25) is 0 Å². The van der Waals surface area contributed by atoms with Crippen molar-refractivity contribution in [3.63, 3.8) is 0 Å². The molecule has 1 aromatic rings. The fourth-order valence-electron chi connectivity index (χ4n) is 2.09. The lowest BCUT2D eigenvalue weighted by molar-refractivity contribution is -0.153. The summed E-state index contributed by atoms with van der Waals surface area (Å²) >= 11 is 0. The van der Waals surface area contributed by atoms with Gasteiger partial charge in [0, 0.05) is 18.8 Å². The van der Waals surface area contributed by atoms with E-state index in [4.69, 9.17) is 4.74 Å². The number of nitrogens with zero attached hydrogens (tertiary/aromatic N) is 1. The van der Waals surface area contributed by atoms with Crippen LogP contribution in [-0.4, -0.2) is 51.8 Å². The molecule has 1 aromatic carbocycles. The van der Waals surface area contributed by atoms with E-state index < -0.39 is 22.6 Å². The van der Waals surface area contributed by atoms with E-state index in [-0.39, 0.29) is 48.1 Å². The number of ether oxygens (including phenoxy) is 1. The Morgan fingerprint density at radius 3 is 2.57 bits per heavy atom. The lowest BCUT2D eigenvalue weighted by Gasteiger charge is -2.17. The second kappa shape index (κ2) is 12.3. The van der Waals surface area contributed by atoms with Crippen LogP contribution in [0.25, 0.3) is 0 Å². The number of aliphatic imine (C=N–C) groups is 1. The highest BCUT2D eigenvalue weighted by molar-refractivity contribution is 14.0. The van der Waals surface area contributed by atoms with Crippen LogP contribution in [-0.2, 0) is 16.4 Å². The van der Waals surface area contributed by atoms with Crippen LogP contribution in [0, 0.1) is 0 Å². The van der Waals surface area contributed by atoms with Gasteiger partial charge in [0.05, 0.1) is 12.3 Å². The molecule has 2 N–H and O–H groups in total. The quantitative estimate of drug-likeness (QED) is 0.288. The molecular weight excluding hydrogens is 510 g/mol. The molecule has 1 rings (SSSR count). The highest BCUT2D eigenvalue weighted by Gasteiger charge is 2.28.